The van der Waals surface area contributed by atoms with Gasteiger partial charge in [-0.2, -0.15) is 0 Å². The summed E-state index contributed by atoms with van der Waals surface area (Å²) in [5.41, 5.74) is -4.49. The Morgan fingerprint density at radius 1 is 0.952 bits per heavy atom. The second kappa shape index (κ2) is 21.4. The highest BCUT2D eigenvalue weighted by molar-refractivity contribution is 5.78. The first kappa shape index (κ1) is 52.4. The van der Waals surface area contributed by atoms with Crippen LogP contribution in [0.15, 0.2) is 18.7 Å². The molecule has 18 atom stereocenters. The Labute approximate surface area is 372 Å². The quantitative estimate of drug-likeness (QED) is 0.227. The van der Waals surface area contributed by atoms with Crippen LogP contribution < -0.4 is 5.32 Å². The van der Waals surface area contributed by atoms with E-state index < -0.39 is 120 Å². The van der Waals surface area contributed by atoms with Gasteiger partial charge in [0.05, 0.1) is 48.0 Å². The number of aromatic nitrogens is 2. The van der Waals surface area contributed by atoms with Crippen LogP contribution in [-0.2, 0) is 57.0 Å². The van der Waals surface area contributed by atoms with Crippen LogP contribution in [-0.4, -0.2) is 167 Å². The van der Waals surface area contributed by atoms with Crippen molar-refractivity contribution in [2.45, 2.75) is 192 Å². The zero-order chi connectivity index (χ0) is 47.4. The molecule has 0 radical (unpaired) electrons. The second-order valence-electron chi connectivity index (χ2n) is 18.7. The molecule has 3 aliphatic heterocycles. The van der Waals surface area contributed by atoms with Crippen LogP contribution in [0.3, 0.4) is 0 Å². The number of carbonyl (C=O) groups is 4. The average molecular weight is 899 g/mol. The zero-order valence-electron chi connectivity index (χ0n) is 39.8. The number of carbonyl (C=O) groups excluding carboxylic acids is 4. The van der Waals surface area contributed by atoms with E-state index in [0.717, 1.165) is 0 Å². The van der Waals surface area contributed by atoms with Crippen molar-refractivity contribution < 1.29 is 72.0 Å². The van der Waals surface area contributed by atoms with E-state index in [1.54, 1.807) is 48.5 Å². The lowest BCUT2D eigenvalue weighted by molar-refractivity contribution is -0.319. The minimum atomic E-state index is -2.00. The Hall–Kier alpha value is -3.27. The van der Waals surface area contributed by atoms with Crippen LogP contribution >= 0.6 is 0 Å². The molecule has 0 unspecified atom stereocenters. The lowest BCUT2D eigenvalue weighted by Crippen LogP contribution is -2.61. The van der Waals surface area contributed by atoms with Crippen molar-refractivity contribution in [3.05, 3.63) is 18.7 Å². The third-order valence-corrected chi connectivity index (χ3v) is 13.3. The number of nitrogens with one attached hydrogen (secondary N) is 1. The molecular weight excluding hydrogens is 824 g/mol. The van der Waals surface area contributed by atoms with Gasteiger partial charge < -0.3 is 63.1 Å². The number of esters is 2. The molecule has 3 saturated heterocycles. The summed E-state index contributed by atoms with van der Waals surface area (Å²) >= 11 is 0. The minimum Gasteiger partial charge on any atom is -0.459 e. The Balaban J connectivity index is 1.87. The molecule has 19 nitrogen and oxygen atoms in total. The van der Waals surface area contributed by atoms with Crippen molar-refractivity contribution in [2.75, 3.05) is 28.3 Å². The summed E-state index contributed by atoms with van der Waals surface area (Å²) in [6.45, 7) is 18.2. The van der Waals surface area contributed by atoms with Gasteiger partial charge in [0, 0.05) is 51.8 Å². The van der Waals surface area contributed by atoms with E-state index in [-0.39, 0.29) is 31.4 Å². The molecule has 4 rings (SSSR count). The zero-order valence-corrected chi connectivity index (χ0v) is 39.8. The van der Waals surface area contributed by atoms with Gasteiger partial charge in [0.25, 0.3) is 0 Å². The Kier molecular flexibility index (Phi) is 17.7. The molecule has 1 aromatic heterocycles. The molecule has 63 heavy (non-hydrogen) atoms. The predicted octanol–water partition coefficient (Wildman–Crippen LogP) is 3.20. The summed E-state index contributed by atoms with van der Waals surface area (Å²) in [7, 11) is 6.73. The van der Waals surface area contributed by atoms with Gasteiger partial charge in [-0.05, 0) is 81.8 Å². The molecule has 1 amide bonds. The monoisotopic (exact) mass is 899 g/mol. The summed E-state index contributed by atoms with van der Waals surface area (Å²) < 4.78 is 58.3. The first-order valence-electron chi connectivity index (χ1n) is 22.0. The van der Waals surface area contributed by atoms with Gasteiger partial charge in [0.15, 0.2) is 24.8 Å². The molecule has 0 aliphatic carbocycles. The molecule has 360 valence electrons. The maximum absolute atomic E-state index is 14.5. The Morgan fingerprint density at radius 3 is 2.14 bits per heavy atom. The Bertz CT molecular complexity index is 1680. The fourth-order valence-corrected chi connectivity index (χ4v) is 9.47. The lowest BCUT2D eigenvalue weighted by Gasteiger charge is -2.50. The molecule has 0 saturated carbocycles. The number of ether oxygens (including phenoxy) is 9. The number of rotatable bonds is 10. The molecule has 3 N–H and O–H groups in total. The number of cyclic esters (lactones) is 1. The maximum atomic E-state index is 14.5. The van der Waals surface area contributed by atoms with Crippen molar-refractivity contribution in [2.24, 2.45) is 17.8 Å². The standard InChI is InChI=1S/C44H74N4O15/c1-16-31-44(11,54)35(50)27(6)46-38(51)23(2)20-42(9,55-14)36(62-40-34(59-29(8)49)30(47(12)13)19-24(3)57-40)25(4)33(26(5)39(52)60-31)61-32-21-43(10,56-15)37(28(7)58-32)63-41(53)48-18-17-45-22-48/h17-18,22-28,30-37,40,50,54H,16,19-21H2,1-15H3,(H,46,51)/t23-,24-,25+,26-,27-,28+,30+,31-,32+,33+,34-,35-,36-,37+,40+,42-,43-,44-/m1/s1. The molecule has 0 bridgehead atoms. The van der Waals surface area contributed by atoms with Crippen molar-refractivity contribution in [3.63, 3.8) is 0 Å². The molecular formula is C44H74N4O15. The van der Waals surface area contributed by atoms with Crippen LogP contribution in [0.25, 0.3) is 0 Å². The summed E-state index contributed by atoms with van der Waals surface area (Å²) in [4.78, 5) is 60.1. The fraction of sp³-hybridized carbons (Fsp3) is 0.841. The van der Waals surface area contributed by atoms with Gasteiger partial charge in [-0.1, -0.05) is 20.8 Å². The second-order valence-corrected chi connectivity index (χ2v) is 18.7. The van der Waals surface area contributed by atoms with E-state index in [2.05, 4.69) is 10.3 Å². The van der Waals surface area contributed by atoms with E-state index in [1.165, 1.54) is 51.4 Å². The van der Waals surface area contributed by atoms with Crippen molar-refractivity contribution in [3.8, 4) is 0 Å². The van der Waals surface area contributed by atoms with Crippen LogP contribution in [0.1, 0.15) is 102 Å². The van der Waals surface area contributed by atoms with Crippen LogP contribution in [0.2, 0.25) is 0 Å². The third-order valence-electron chi connectivity index (χ3n) is 13.3. The smallest absolute Gasteiger partial charge is 0.419 e. The van der Waals surface area contributed by atoms with Crippen LogP contribution in [0, 0.1) is 17.8 Å². The van der Waals surface area contributed by atoms with E-state index >= 15 is 0 Å². The topological polar surface area (TPSA) is 225 Å². The molecule has 19 heteroatoms. The first-order chi connectivity index (χ1) is 29.3. The number of amides is 1. The number of aliphatic hydroxyl groups is 2. The van der Waals surface area contributed by atoms with Crippen LogP contribution in [0.4, 0.5) is 4.79 Å². The normalized spacial score (nSPS) is 42.3. The molecule has 0 aromatic carbocycles. The SMILES string of the molecule is CC[C@H]1OC(=O)[C@H](C)[C@@H](O[C@H]2C[C@@](C)(OC)[C@@H](OC(=O)n3ccnc3)[C@H](C)O2)[C@H](C)[C@@H](O[C@@H]2O[C@H](C)C[C@H](N(C)C)[C@H]2OC(C)=O)[C@](C)(OC)C[C@@H](C)C(=O)N[C@H](C)[C@@H](O)[C@]1(C)O. The number of aliphatic hydroxyl groups excluding tert-OH is 1. The van der Waals surface area contributed by atoms with Gasteiger partial charge in [0.1, 0.15) is 29.7 Å². The summed E-state index contributed by atoms with van der Waals surface area (Å²) in [6.07, 6.45) is -5.82. The molecule has 3 fully saturated rings. The number of imidazole rings is 1. The molecule has 4 heterocycles. The first-order valence-corrected chi connectivity index (χ1v) is 22.0. The summed E-state index contributed by atoms with van der Waals surface area (Å²) in [5, 5.41) is 26.1. The van der Waals surface area contributed by atoms with Gasteiger partial charge in [-0.25, -0.2) is 14.3 Å². The van der Waals surface area contributed by atoms with Gasteiger partial charge in [-0.3, -0.25) is 14.4 Å². The number of methoxy groups -OCH3 is 2. The minimum absolute atomic E-state index is 0.0314. The van der Waals surface area contributed by atoms with E-state index in [4.69, 9.17) is 42.6 Å². The van der Waals surface area contributed by atoms with Crippen LogP contribution in [0.5, 0.6) is 0 Å². The lowest BCUT2D eigenvalue weighted by atomic mass is 9.77. The highest BCUT2D eigenvalue weighted by Crippen LogP contribution is 2.42. The highest BCUT2D eigenvalue weighted by Gasteiger charge is 2.55. The number of hydrogen-bond acceptors (Lipinski definition) is 17. The maximum Gasteiger partial charge on any atom is 0.419 e. The van der Waals surface area contributed by atoms with Crippen molar-refractivity contribution >= 4 is 23.9 Å². The number of likely N-dealkylation sites (N-methyl/N-ethyl adjacent to an activating group) is 1. The van der Waals surface area contributed by atoms with Gasteiger partial charge in [-0.15, -0.1) is 0 Å². The Morgan fingerprint density at radius 2 is 1.59 bits per heavy atom. The third kappa shape index (κ3) is 12.0. The fourth-order valence-electron chi connectivity index (χ4n) is 9.47. The molecule has 0 spiro atoms. The predicted molar refractivity (Wildman–Crippen MR) is 226 cm³/mol. The average Bonchev–Trinajstić information content (AvgIpc) is 3.77. The molecule has 1 aromatic rings. The van der Waals surface area contributed by atoms with Gasteiger partial charge in [0.2, 0.25) is 5.91 Å². The largest absolute Gasteiger partial charge is 0.459 e. The van der Waals surface area contributed by atoms with Crippen molar-refractivity contribution in [1.82, 2.24) is 19.8 Å². The van der Waals surface area contributed by atoms with E-state index in [0.29, 0.717) is 6.42 Å². The van der Waals surface area contributed by atoms with Crippen molar-refractivity contribution in [1.29, 1.82) is 0 Å². The number of hydrogen-bond donors (Lipinski definition) is 3. The molecule has 3 aliphatic rings. The summed E-state index contributed by atoms with van der Waals surface area (Å²) in [6, 6.07) is -1.28. The van der Waals surface area contributed by atoms with Gasteiger partial charge >= 0.3 is 18.0 Å². The highest BCUT2D eigenvalue weighted by atomic mass is 16.7. The van der Waals surface area contributed by atoms with E-state index in [1.807, 2.05) is 32.8 Å². The summed E-state index contributed by atoms with van der Waals surface area (Å²) in [5.74, 6) is -4.43. The van der Waals surface area contributed by atoms with E-state index in [9.17, 15) is 29.4 Å². The number of nitrogens with zero attached hydrogens (tertiary/aromatic N) is 3.